The monoisotopic (exact) mass is 288 g/mol. The molecule has 1 atom stereocenters. The second-order valence-electron chi connectivity index (χ2n) is 4.93. The predicted octanol–water partition coefficient (Wildman–Crippen LogP) is 1.11. The van der Waals surface area contributed by atoms with E-state index in [1.54, 1.807) is 13.1 Å². The molecule has 2 rings (SSSR count). The summed E-state index contributed by atoms with van der Waals surface area (Å²) in [6, 6.07) is 9.34. The Morgan fingerprint density at radius 1 is 1.38 bits per heavy atom. The fourth-order valence-electron chi connectivity index (χ4n) is 1.92. The number of aliphatic hydroxyl groups is 1. The van der Waals surface area contributed by atoms with Crippen LogP contribution < -0.4 is 10.6 Å². The van der Waals surface area contributed by atoms with E-state index in [0.717, 1.165) is 11.1 Å². The first kappa shape index (κ1) is 15.1. The van der Waals surface area contributed by atoms with Gasteiger partial charge in [-0.2, -0.15) is 5.10 Å². The number of nitrogens with zero attached hydrogens (tertiary/aromatic N) is 2. The van der Waals surface area contributed by atoms with Gasteiger partial charge in [-0.15, -0.1) is 0 Å². The molecule has 1 heterocycles. The van der Waals surface area contributed by atoms with Gasteiger partial charge in [-0.1, -0.05) is 24.3 Å². The summed E-state index contributed by atoms with van der Waals surface area (Å²) >= 11 is 0. The molecule has 1 aromatic carbocycles. The number of nitrogens with one attached hydrogen (secondary N) is 2. The highest BCUT2D eigenvalue weighted by Crippen LogP contribution is 2.06. The number of carbonyl (C=O) groups excluding carboxylic acids is 1. The van der Waals surface area contributed by atoms with Crippen LogP contribution in [0.15, 0.2) is 42.7 Å². The largest absolute Gasteiger partial charge is 0.394 e. The van der Waals surface area contributed by atoms with Crippen molar-refractivity contribution in [1.82, 2.24) is 20.4 Å². The summed E-state index contributed by atoms with van der Waals surface area (Å²) in [5.74, 6) is 0. The molecule has 0 aliphatic heterocycles. The van der Waals surface area contributed by atoms with Crippen molar-refractivity contribution in [2.75, 3.05) is 6.61 Å². The Hall–Kier alpha value is -2.34. The molecule has 0 fully saturated rings. The number of benzene rings is 1. The zero-order chi connectivity index (χ0) is 15.1. The highest BCUT2D eigenvalue weighted by Gasteiger charge is 2.05. The summed E-state index contributed by atoms with van der Waals surface area (Å²) in [5, 5.41) is 18.5. The second kappa shape index (κ2) is 7.44. The number of amides is 2. The van der Waals surface area contributed by atoms with Gasteiger partial charge in [-0.3, -0.25) is 4.68 Å². The van der Waals surface area contributed by atoms with Crippen LogP contribution in [0, 0.1) is 0 Å². The molecular formula is C15H20N4O2. The van der Waals surface area contributed by atoms with E-state index < -0.39 is 0 Å². The third-order valence-electron chi connectivity index (χ3n) is 3.00. The molecule has 2 amide bonds. The molecule has 0 saturated heterocycles. The van der Waals surface area contributed by atoms with Gasteiger partial charge in [0.05, 0.1) is 19.2 Å². The van der Waals surface area contributed by atoms with Gasteiger partial charge >= 0.3 is 6.03 Å². The molecule has 21 heavy (non-hydrogen) atoms. The molecule has 2 aromatic rings. The van der Waals surface area contributed by atoms with Gasteiger partial charge < -0.3 is 15.7 Å². The summed E-state index contributed by atoms with van der Waals surface area (Å²) in [6.07, 6.45) is 3.66. The first-order valence-corrected chi connectivity index (χ1v) is 6.88. The fraction of sp³-hybridized carbons (Fsp3) is 0.333. The van der Waals surface area contributed by atoms with E-state index in [0.29, 0.717) is 13.1 Å². The number of carbonyl (C=O) groups is 1. The van der Waals surface area contributed by atoms with Crippen molar-refractivity contribution in [3.8, 4) is 0 Å². The van der Waals surface area contributed by atoms with E-state index in [1.165, 1.54) is 0 Å². The molecule has 1 unspecified atom stereocenters. The van der Waals surface area contributed by atoms with Crippen molar-refractivity contribution in [1.29, 1.82) is 0 Å². The minimum atomic E-state index is -0.283. The average Bonchev–Trinajstić information content (AvgIpc) is 2.98. The fourth-order valence-corrected chi connectivity index (χ4v) is 1.92. The van der Waals surface area contributed by atoms with Crippen molar-refractivity contribution in [2.45, 2.75) is 26.1 Å². The molecule has 0 saturated carbocycles. The quantitative estimate of drug-likeness (QED) is 0.745. The van der Waals surface area contributed by atoms with Crippen LogP contribution in [0.25, 0.3) is 0 Å². The molecule has 0 bridgehead atoms. The lowest BCUT2D eigenvalue weighted by Gasteiger charge is -2.12. The summed E-state index contributed by atoms with van der Waals surface area (Å²) in [5.41, 5.74) is 2.15. The lowest BCUT2D eigenvalue weighted by Crippen LogP contribution is -2.41. The number of hydrogen-bond donors (Lipinski definition) is 3. The van der Waals surface area contributed by atoms with E-state index in [2.05, 4.69) is 15.7 Å². The summed E-state index contributed by atoms with van der Waals surface area (Å²) in [7, 11) is 0. The van der Waals surface area contributed by atoms with Crippen LogP contribution >= 0.6 is 0 Å². The van der Waals surface area contributed by atoms with Crippen molar-refractivity contribution >= 4 is 6.03 Å². The van der Waals surface area contributed by atoms with Gasteiger partial charge in [0.2, 0.25) is 0 Å². The maximum absolute atomic E-state index is 11.6. The van der Waals surface area contributed by atoms with Crippen LogP contribution in [0.4, 0.5) is 4.79 Å². The van der Waals surface area contributed by atoms with Gasteiger partial charge in [0.25, 0.3) is 0 Å². The first-order chi connectivity index (χ1) is 10.2. The first-order valence-electron chi connectivity index (χ1n) is 6.88. The van der Waals surface area contributed by atoms with Gasteiger partial charge in [-0.05, 0) is 24.1 Å². The highest BCUT2D eigenvalue weighted by atomic mass is 16.3. The van der Waals surface area contributed by atoms with Crippen molar-refractivity contribution in [2.24, 2.45) is 0 Å². The van der Waals surface area contributed by atoms with Crippen LogP contribution in [-0.2, 0) is 13.1 Å². The molecule has 6 heteroatoms. The number of aliphatic hydroxyl groups excluding tert-OH is 1. The number of hydrogen-bond acceptors (Lipinski definition) is 3. The summed E-state index contributed by atoms with van der Waals surface area (Å²) in [6.45, 7) is 2.81. The van der Waals surface area contributed by atoms with Crippen LogP contribution in [0.3, 0.4) is 0 Å². The maximum atomic E-state index is 11.6. The Kier molecular flexibility index (Phi) is 5.34. The van der Waals surface area contributed by atoms with Gasteiger partial charge in [0.15, 0.2) is 0 Å². The SMILES string of the molecule is CC(CO)NC(=O)NCc1cccc(Cn2cccn2)c1. The highest BCUT2D eigenvalue weighted by molar-refractivity contribution is 5.74. The number of aromatic nitrogens is 2. The minimum Gasteiger partial charge on any atom is -0.394 e. The Balaban J connectivity index is 1.87. The van der Waals surface area contributed by atoms with E-state index in [9.17, 15) is 4.79 Å². The molecular weight excluding hydrogens is 268 g/mol. The van der Waals surface area contributed by atoms with Gasteiger partial charge in [0, 0.05) is 18.9 Å². The topological polar surface area (TPSA) is 79.2 Å². The molecule has 6 nitrogen and oxygen atoms in total. The van der Waals surface area contributed by atoms with E-state index in [1.807, 2.05) is 41.2 Å². The van der Waals surface area contributed by atoms with Crippen molar-refractivity contribution in [3.63, 3.8) is 0 Å². The third kappa shape index (κ3) is 4.92. The molecule has 0 radical (unpaired) electrons. The smallest absolute Gasteiger partial charge is 0.315 e. The van der Waals surface area contributed by atoms with Crippen LogP contribution in [0.1, 0.15) is 18.1 Å². The maximum Gasteiger partial charge on any atom is 0.315 e. The van der Waals surface area contributed by atoms with Gasteiger partial charge in [-0.25, -0.2) is 4.79 Å². The van der Waals surface area contributed by atoms with Crippen LogP contribution in [0.5, 0.6) is 0 Å². The predicted molar refractivity (Wildman–Crippen MR) is 79.7 cm³/mol. The molecule has 112 valence electrons. The second-order valence-corrected chi connectivity index (χ2v) is 4.93. The Morgan fingerprint density at radius 3 is 2.90 bits per heavy atom. The zero-order valence-electron chi connectivity index (χ0n) is 12.0. The molecule has 3 N–H and O–H groups in total. The van der Waals surface area contributed by atoms with E-state index >= 15 is 0 Å². The average molecular weight is 288 g/mol. The molecule has 1 aromatic heterocycles. The van der Waals surface area contributed by atoms with E-state index in [4.69, 9.17) is 5.11 Å². The Morgan fingerprint density at radius 2 is 2.19 bits per heavy atom. The van der Waals surface area contributed by atoms with Crippen molar-refractivity contribution < 1.29 is 9.90 Å². The summed E-state index contributed by atoms with van der Waals surface area (Å²) in [4.78, 5) is 11.6. The molecule has 0 aliphatic rings. The van der Waals surface area contributed by atoms with Crippen molar-refractivity contribution in [3.05, 3.63) is 53.9 Å². The Labute approximate surface area is 123 Å². The number of rotatable bonds is 6. The van der Waals surface area contributed by atoms with Crippen LogP contribution in [0.2, 0.25) is 0 Å². The molecule has 0 spiro atoms. The van der Waals surface area contributed by atoms with Gasteiger partial charge in [0.1, 0.15) is 0 Å². The van der Waals surface area contributed by atoms with E-state index in [-0.39, 0.29) is 18.7 Å². The lowest BCUT2D eigenvalue weighted by molar-refractivity contribution is 0.220. The summed E-state index contributed by atoms with van der Waals surface area (Å²) < 4.78 is 1.85. The minimum absolute atomic E-state index is 0.0766. The lowest BCUT2D eigenvalue weighted by atomic mass is 10.1. The standard InChI is InChI=1S/C15H20N4O2/c1-12(11-20)18-15(21)16-9-13-4-2-5-14(8-13)10-19-7-3-6-17-19/h2-8,12,20H,9-11H2,1H3,(H2,16,18,21). The number of urea groups is 1. The zero-order valence-corrected chi connectivity index (χ0v) is 12.0. The van der Waals surface area contributed by atoms with Crippen LogP contribution in [-0.4, -0.2) is 33.6 Å². The Bertz CT molecular complexity index is 569. The third-order valence-corrected chi connectivity index (χ3v) is 3.00. The molecule has 0 aliphatic carbocycles. The normalized spacial score (nSPS) is 11.9.